The molecule has 0 N–H and O–H groups in total. The van der Waals surface area contributed by atoms with Crippen LogP contribution in [0.15, 0.2) is 22.8 Å². The Bertz CT molecular complexity index is 477. The quantitative estimate of drug-likeness (QED) is 0.610. The molecule has 14 heavy (non-hydrogen) atoms. The molecule has 2 aromatic rings. The van der Waals surface area contributed by atoms with E-state index in [4.69, 9.17) is 0 Å². The molecule has 0 atom stereocenters. The van der Waals surface area contributed by atoms with Gasteiger partial charge in [-0.25, -0.2) is 0 Å². The van der Waals surface area contributed by atoms with E-state index in [0.717, 1.165) is 12.1 Å². The van der Waals surface area contributed by atoms with E-state index in [9.17, 15) is 18.4 Å². The summed E-state index contributed by atoms with van der Waals surface area (Å²) in [6.45, 7) is 0. The van der Waals surface area contributed by atoms with Crippen molar-refractivity contribution in [2.75, 3.05) is 0 Å². The van der Waals surface area contributed by atoms with E-state index in [0.29, 0.717) is 6.07 Å². The van der Waals surface area contributed by atoms with E-state index in [1.807, 2.05) is 0 Å². The van der Waals surface area contributed by atoms with Crippen molar-refractivity contribution in [2.45, 2.75) is 6.18 Å². The van der Waals surface area contributed by atoms with Crippen molar-refractivity contribution in [3.8, 4) is 0 Å². The maximum absolute atomic E-state index is 12.2. The first-order chi connectivity index (χ1) is 6.48. The summed E-state index contributed by atoms with van der Waals surface area (Å²) in [7, 11) is 0. The number of nitrogens with zero attached hydrogens (tertiary/aromatic N) is 2. The number of alkyl halides is 3. The van der Waals surface area contributed by atoms with E-state index < -0.39 is 11.7 Å². The lowest BCUT2D eigenvalue weighted by molar-refractivity contribution is -0.782. The van der Waals surface area contributed by atoms with Gasteiger partial charge in [-0.1, -0.05) is 0 Å². The highest BCUT2D eigenvalue weighted by Gasteiger charge is 2.31. The zero-order valence-corrected chi connectivity index (χ0v) is 6.58. The molecule has 1 aromatic heterocycles. The summed E-state index contributed by atoms with van der Waals surface area (Å²) in [5.74, 6) is 0. The van der Waals surface area contributed by atoms with Crippen LogP contribution in [0, 0.1) is 5.21 Å². The summed E-state index contributed by atoms with van der Waals surface area (Å²) in [5.41, 5.74) is -1.05. The van der Waals surface area contributed by atoms with Crippen LogP contribution in [0.4, 0.5) is 13.2 Å². The lowest BCUT2D eigenvalue weighted by Gasteiger charge is -2.03. The second kappa shape index (κ2) is 2.60. The minimum absolute atomic E-state index is 0.0649. The Balaban J connectivity index is 2.66. The average Bonchev–Trinajstić information content (AvgIpc) is 2.46. The molecule has 0 aliphatic carbocycles. The summed E-state index contributed by atoms with van der Waals surface area (Å²) >= 11 is 0. The smallest absolute Gasteiger partial charge is 0.359 e. The van der Waals surface area contributed by atoms with Crippen molar-refractivity contribution in [1.82, 2.24) is 5.16 Å². The Hall–Kier alpha value is -1.79. The first kappa shape index (κ1) is 8.79. The van der Waals surface area contributed by atoms with Gasteiger partial charge in [0.05, 0.1) is 5.56 Å². The molecule has 74 valence electrons. The Labute approximate surface area is 75.1 Å². The molecule has 0 bridgehead atoms. The predicted molar refractivity (Wildman–Crippen MR) is 38.0 cm³/mol. The van der Waals surface area contributed by atoms with Crippen LogP contribution >= 0.6 is 0 Å². The highest BCUT2D eigenvalue weighted by Crippen LogP contribution is 2.30. The van der Waals surface area contributed by atoms with Gasteiger partial charge in [0.2, 0.25) is 11.0 Å². The number of fused-ring (bicyclic) bond motifs is 1. The third-order valence-electron chi connectivity index (χ3n) is 1.71. The maximum atomic E-state index is 12.2. The van der Waals surface area contributed by atoms with Crippen LogP contribution in [0.5, 0.6) is 0 Å². The van der Waals surface area contributed by atoms with Crippen LogP contribution in [0.25, 0.3) is 11.0 Å². The number of rotatable bonds is 0. The van der Waals surface area contributed by atoms with Crippen molar-refractivity contribution in [3.63, 3.8) is 0 Å². The fraction of sp³-hybridized carbons (Fsp3) is 0.143. The van der Waals surface area contributed by atoms with Crippen LogP contribution in [-0.2, 0) is 6.18 Å². The van der Waals surface area contributed by atoms with E-state index in [1.165, 1.54) is 0 Å². The van der Waals surface area contributed by atoms with E-state index in [1.54, 1.807) is 0 Å². The molecule has 1 heterocycles. The van der Waals surface area contributed by atoms with Gasteiger partial charge >= 0.3 is 6.18 Å². The molecule has 0 saturated heterocycles. The van der Waals surface area contributed by atoms with Crippen molar-refractivity contribution in [3.05, 3.63) is 29.0 Å². The molecular formula is C7H3F3N2O2. The van der Waals surface area contributed by atoms with Crippen LogP contribution < -0.4 is 4.90 Å². The molecule has 1 aromatic carbocycles. The molecule has 7 heteroatoms. The molecule has 0 unspecified atom stereocenters. The number of hydrogen-bond acceptors (Lipinski definition) is 3. The maximum Gasteiger partial charge on any atom is 0.416 e. The van der Waals surface area contributed by atoms with Crippen molar-refractivity contribution in [1.29, 1.82) is 0 Å². The summed E-state index contributed by atoms with van der Waals surface area (Å²) in [6, 6.07) is 2.61. The highest BCUT2D eigenvalue weighted by atomic mass is 19.4. The van der Waals surface area contributed by atoms with Crippen molar-refractivity contribution >= 4 is 11.0 Å². The van der Waals surface area contributed by atoms with Crippen LogP contribution in [0.3, 0.4) is 0 Å². The van der Waals surface area contributed by atoms with E-state index in [2.05, 4.69) is 9.79 Å². The molecule has 4 nitrogen and oxygen atoms in total. The van der Waals surface area contributed by atoms with Gasteiger partial charge in [0.25, 0.3) is 0 Å². The molecule has 2 rings (SSSR count). The van der Waals surface area contributed by atoms with E-state index >= 15 is 0 Å². The zero-order chi connectivity index (χ0) is 10.3. The number of benzene rings is 1. The second-order valence-electron chi connectivity index (χ2n) is 2.63. The Morgan fingerprint density at radius 3 is 2.71 bits per heavy atom. The molecular weight excluding hydrogens is 201 g/mol. The molecule has 0 saturated carbocycles. The van der Waals surface area contributed by atoms with Crippen LogP contribution in [-0.4, -0.2) is 5.16 Å². The Kier molecular flexibility index (Phi) is 1.63. The lowest BCUT2D eigenvalue weighted by atomic mass is 10.2. The van der Waals surface area contributed by atoms with Crippen molar-refractivity contribution in [2.24, 2.45) is 0 Å². The fourth-order valence-electron chi connectivity index (χ4n) is 1.05. The van der Waals surface area contributed by atoms with Gasteiger partial charge in [0, 0.05) is 11.2 Å². The van der Waals surface area contributed by atoms with Gasteiger partial charge in [-0.2, -0.15) is 13.2 Å². The number of hydrogen-bond donors (Lipinski definition) is 0. The minimum atomic E-state index is -4.47. The number of halogens is 3. The highest BCUT2D eigenvalue weighted by molar-refractivity contribution is 5.71. The molecule has 0 spiro atoms. The largest absolute Gasteiger partial charge is 0.416 e. The van der Waals surface area contributed by atoms with Crippen molar-refractivity contribution < 1.29 is 22.7 Å². The van der Waals surface area contributed by atoms with Gasteiger partial charge in [-0.3, -0.25) is 4.63 Å². The fourth-order valence-corrected chi connectivity index (χ4v) is 1.05. The standard InChI is InChI=1S/C7H3F3N2O2/c8-7(9,10)4-1-2-5-6(3-4)12(13)14-11-5/h1-3H. The SMILES string of the molecule is [O-][n+]1onc2ccc(C(F)(F)F)cc21. The number of aromatic nitrogens is 2. The summed E-state index contributed by atoms with van der Waals surface area (Å²) < 4.78 is 40.7. The summed E-state index contributed by atoms with van der Waals surface area (Å²) in [4.78, 5) is -0.0649. The normalized spacial score (nSPS) is 12.2. The van der Waals surface area contributed by atoms with Gasteiger partial charge in [-0.15, -0.1) is 0 Å². The Morgan fingerprint density at radius 1 is 1.36 bits per heavy atom. The average molecular weight is 204 g/mol. The summed E-state index contributed by atoms with van der Waals surface area (Å²) in [5, 5.41) is 14.0. The molecule has 0 amide bonds. The first-order valence-corrected chi connectivity index (χ1v) is 3.55. The third-order valence-corrected chi connectivity index (χ3v) is 1.71. The predicted octanol–water partition coefficient (Wildman–Crippen LogP) is 1.48. The first-order valence-electron chi connectivity index (χ1n) is 3.55. The monoisotopic (exact) mass is 204 g/mol. The molecule has 0 aliphatic rings. The molecule has 0 aliphatic heterocycles. The molecule has 0 radical (unpaired) electrons. The van der Waals surface area contributed by atoms with Gasteiger partial charge in [0.15, 0.2) is 0 Å². The second-order valence-corrected chi connectivity index (χ2v) is 2.63. The third kappa shape index (κ3) is 1.26. The lowest BCUT2D eigenvalue weighted by Crippen LogP contribution is -2.22. The minimum Gasteiger partial charge on any atom is -0.359 e. The summed E-state index contributed by atoms with van der Waals surface area (Å²) in [6.07, 6.45) is -4.47. The Morgan fingerprint density at radius 2 is 2.07 bits per heavy atom. The van der Waals surface area contributed by atoms with Crippen LogP contribution in [0.2, 0.25) is 0 Å². The van der Waals surface area contributed by atoms with E-state index in [-0.39, 0.29) is 15.9 Å². The topological polar surface area (TPSA) is 53.0 Å². The van der Waals surface area contributed by atoms with Gasteiger partial charge < -0.3 is 5.21 Å². The van der Waals surface area contributed by atoms with Gasteiger partial charge in [0.1, 0.15) is 0 Å². The van der Waals surface area contributed by atoms with Crippen LogP contribution in [0.1, 0.15) is 5.56 Å². The van der Waals surface area contributed by atoms with Gasteiger partial charge in [-0.05, 0) is 17.0 Å². The molecule has 0 fully saturated rings. The zero-order valence-electron chi connectivity index (χ0n) is 6.58.